The molecule has 2 saturated heterocycles. The van der Waals surface area contributed by atoms with Crippen LogP contribution in [0.3, 0.4) is 0 Å². The number of aryl methyl sites for hydroxylation is 2. The van der Waals surface area contributed by atoms with Gasteiger partial charge in [0.2, 0.25) is 0 Å². The van der Waals surface area contributed by atoms with E-state index in [4.69, 9.17) is 5.11 Å². The molecule has 0 unspecified atom stereocenters. The van der Waals surface area contributed by atoms with Crippen molar-refractivity contribution in [1.29, 1.82) is 0 Å². The van der Waals surface area contributed by atoms with Crippen LogP contribution in [0.1, 0.15) is 16.7 Å². The van der Waals surface area contributed by atoms with Crippen molar-refractivity contribution in [1.82, 2.24) is 9.80 Å². The van der Waals surface area contributed by atoms with Crippen LogP contribution >= 0.6 is 0 Å². The lowest BCUT2D eigenvalue weighted by Crippen LogP contribution is -2.41. The van der Waals surface area contributed by atoms with Crippen molar-refractivity contribution in [2.45, 2.75) is 20.4 Å². The molecular weight excluding hydrogens is 292 g/mol. The molecule has 23 heavy (non-hydrogen) atoms. The van der Waals surface area contributed by atoms with Gasteiger partial charge in [-0.3, -0.25) is 14.6 Å². The number of carboxylic acids is 1. The SMILES string of the molecule is Cc1ccc(CN2C[C@H]3CN(CCO)C[C@@]3(C(=O)O)C2)c(C)c1. The van der Waals surface area contributed by atoms with Crippen LogP contribution in [-0.4, -0.2) is 65.3 Å². The van der Waals surface area contributed by atoms with Crippen LogP contribution in [0.5, 0.6) is 0 Å². The molecule has 5 heteroatoms. The number of nitrogens with zero attached hydrogens (tertiary/aromatic N) is 2. The third-order valence-electron chi connectivity index (χ3n) is 5.48. The van der Waals surface area contributed by atoms with Crippen LogP contribution in [0.25, 0.3) is 0 Å². The summed E-state index contributed by atoms with van der Waals surface area (Å²) in [6.45, 7) is 8.44. The molecule has 0 radical (unpaired) electrons. The van der Waals surface area contributed by atoms with Gasteiger partial charge in [-0.1, -0.05) is 23.8 Å². The van der Waals surface area contributed by atoms with Gasteiger partial charge in [-0.15, -0.1) is 0 Å². The van der Waals surface area contributed by atoms with Crippen molar-refractivity contribution < 1.29 is 15.0 Å². The molecule has 0 aliphatic carbocycles. The Morgan fingerprint density at radius 1 is 1.26 bits per heavy atom. The molecule has 2 aliphatic heterocycles. The fraction of sp³-hybridized carbons (Fsp3) is 0.611. The first kappa shape index (κ1) is 16.4. The van der Waals surface area contributed by atoms with Crippen molar-refractivity contribution in [2.75, 3.05) is 39.3 Å². The van der Waals surface area contributed by atoms with Gasteiger partial charge in [0.1, 0.15) is 0 Å². The lowest BCUT2D eigenvalue weighted by atomic mass is 9.81. The third kappa shape index (κ3) is 3.01. The molecule has 0 amide bonds. The molecule has 1 aromatic rings. The fourth-order valence-corrected chi connectivity index (χ4v) is 4.27. The number of fused-ring (bicyclic) bond motifs is 1. The Bertz CT molecular complexity index is 604. The minimum atomic E-state index is -0.689. The summed E-state index contributed by atoms with van der Waals surface area (Å²) in [7, 11) is 0. The number of aliphatic carboxylic acids is 1. The molecule has 2 atom stereocenters. The van der Waals surface area contributed by atoms with E-state index in [-0.39, 0.29) is 12.5 Å². The monoisotopic (exact) mass is 318 g/mol. The summed E-state index contributed by atoms with van der Waals surface area (Å²) in [5.41, 5.74) is 3.14. The molecule has 3 rings (SSSR count). The van der Waals surface area contributed by atoms with E-state index < -0.39 is 11.4 Å². The van der Waals surface area contributed by atoms with Gasteiger partial charge in [0, 0.05) is 45.2 Å². The van der Waals surface area contributed by atoms with Crippen LogP contribution < -0.4 is 0 Å². The highest BCUT2D eigenvalue weighted by atomic mass is 16.4. The van der Waals surface area contributed by atoms with Gasteiger partial charge in [0.05, 0.1) is 12.0 Å². The first-order valence-electron chi connectivity index (χ1n) is 8.30. The highest BCUT2D eigenvalue weighted by Gasteiger charge is 2.57. The topological polar surface area (TPSA) is 64.0 Å². The van der Waals surface area contributed by atoms with Crippen molar-refractivity contribution in [2.24, 2.45) is 11.3 Å². The summed E-state index contributed by atoms with van der Waals surface area (Å²) in [6, 6.07) is 6.46. The number of hydrogen-bond donors (Lipinski definition) is 2. The van der Waals surface area contributed by atoms with E-state index >= 15 is 0 Å². The summed E-state index contributed by atoms with van der Waals surface area (Å²) in [5, 5.41) is 18.9. The van der Waals surface area contributed by atoms with Gasteiger partial charge in [-0.25, -0.2) is 0 Å². The summed E-state index contributed by atoms with van der Waals surface area (Å²) in [5.74, 6) is -0.539. The maximum absolute atomic E-state index is 11.9. The van der Waals surface area contributed by atoms with E-state index in [0.717, 1.165) is 19.6 Å². The Labute approximate surface area is 137 Å². The van der Waals surface area contributed by atoms with Gasteiger partial charge in [-0.05, 0) is 25.0 Å². The van der Waals surface area contributed by atoms with E-state index in [9.17, 15) is 9.90 Å². The van der Waals surface area contributed by atoms with E-state index in [2.05, 4.69) is 41.8 Å². The lowest BCUT2D eigenvalue weighted by molar-refractivity contribution is -0.149. The summed E-state index contributed by atoms with van der Waals surface area (Å²) >= 11 is 0. The highest BCUT2D eigenvalue weighted by Crippen LogP contribution is 2.43. The largest absolute Gasteiger partial charge is 0.481 e. The minimum absolute atomic E-state index is 0.0920. The smallest absolute Gasteiger partial charge is 0.312 e. The van der Waals surface area contributed by atoms with Gasteiger partial charge >= 0.3 is 5.97 Å². The zero-order chi connectivity index (χ0) is 16.6. The molecule has 0 aromatic heterocycles. The Hall–Kier alpha value is -1.43. The number of likely N-dealkylation sites (tertiary alicyclic amines) is 2. The molecule has 0 saturated carbocycles. The van der Waals surface area contributed by atoms with E-state index in [0.29, 0.717) is 19.6 Å². The average Bonchev–Trinajstić information content (AvgIpc) is 2.97. The second-order valence-corrected chi connectivity index (χ2v) is 7.22. The predicted molar refractivity (Wildman–Crippen MR) is 88.3 cm³/mol. The summed E-state index contributed by atoms with van der Waals surface area (Å²) in [6.07, 6.45) is 0. The molecular formula is C18H26N2O3. The molecule has 0 spiro atoms. The maximum Gasteiger partial charge on any atom is 0.312 e. The van der Waals surface area contributed by atoms with E-state index in [1.807, 2.05) is 0 Å². The van der Waals surface area contributed by atoms with Crippen molar-refractivity contribution in [3.05, 3.63) is 34.9 Å². The quantitative estimate of drug-likeness (QED) is 0.852. The molecule has 2 fully saturated rings. The van der Waals surface area contributed by atoms with Gasteiger partial charge < -0.3 is 10.2 Å². The number of carbonyl (C=O) groups is 1. The third-order valence-corrected chi connectivity index (χ3v) is 5.48. The number of aliphatic hydroxyl groups is 1. The Morgan fingerprint density at radius 2 is 1.96 bits per heavy atom. The number of β-amino-alcohol motifs (C(OH)–C–C–N with tert-alkyl or cyclic N) is 1. The molecule has 126 valence electrons. The van der Waals surface area contributed by atoms with E-state index in [1.165, 1.54) is 16.7 Å². The Morgan fingerprint density at radius 3 is 2.57 bits per heavy atom. The van der Waals surface area contributed by atoms with Crippen LogP contribution in [0.2, 0.25) is 0 Å². The molecule has 5 nitrogen and oxygen atoms in total. The average molecular weight is 318 g/mol. The van der Waals surface area contributed by atoms with Crippen LogP contribution in [0.15, 0.2) is 18.2 Å². The summed E-state index contributed by atoms with van der Waals surface area (Å²) in [4.78, 5) is 16.3. The fourth-order valence-electron chi connectivity index (χ4n) is 4.27. The number of carboxylic acid groups (broad SMARTS) is 1. The van der Waals surface area contributed by atoms with Crippen LogP contribution in [-0.2, 0) is 11.3 Å². The highest BCUT2D eigenvalue weighted by molar-refractivity contribution is 5.77. The van der Waals surface area contributed by atoms with Crippen molar-refractivity contribution in [3.63, 3.8) is 0 Å². The number of benzene rings is 1. The zero-order valence-electron chi connectivity index (χ0n) is 14.0. The van der Waals surface area contributed by atoms with Gasteiger partial charge in [0.15, 0.2) is 0 Å². The first-order valence-corrected chi connectivity index (χ1v) is 8.30. The first-order chi connectivity index (χ1) is 10.9. The van der Waals surface area contributed by atoms with Crippen LogP contribution in [0, 0.1) is 25.2 Å². The molecule has 2 aliphatic rings. The van der Waals surface area contributed by atoms with Crippen LogP contribution in [0.4, 0.5) is 0 Å². The van der Waals surface area contributed by atoms with Gasteiger partial charge in [-0.2, -0.15) is 0 Å². The minimum Gasteiger partial charge on any atom is -0.481 e. The number of aliphatic hydroxyl groups excluding tert-OH is 1. The molecule has 1 aromatic carbocycles. The second kappa shape index (κ2) is 6.23. The number of hydrogen-bond acceptors (Lipinski definition) is 4. The lowest BCUT2D eigenvalue weighted by Gasteiger charge is -2.25. The molecule has 2 N–H and O–H groups in total. The number of rotatable bonds is 5. The zero-order valence-corrected chi connectivity index (χ0v) is 14.0. The Kier molecular flexibility index (Phi) is 4.45. The summed E-state index contributed by atoms with van der Waals surface area (Å²) < 4.78 is 0. The molecule has 0 bridgehead atoms. The van der Waals surface area contributed by atoms with Crippen molar-refractivity contribution >= 4 is 5.97 Å². The normalized spacial score (nSPS) is 28.2. The standard InChI is InChI=1S/C18H26N2O3/c1-13-3-4-15(14(2)7-13)8-20-10-16-9-19(5-6-21)11-18(16,12-20)17(22)23/h3-4,7,16,21H,5-6,8-12H2,1-2H3,(H,22,23)/t16-,18-/m1/s1. The van der Waals surface area contributed by atoms with Gasteiger partial charge in [0.25, 0.3) is 0 Å². The Balaban J connectivity index is 1.73. The predicted octanol–water partition coefficient (Wildman–Crippen LogP) is 1.11. The van der Waals surface area contributed by atoms with E-state index in [1.54, 1.807) is 0 Å². The maximum atomic E-state index is 11.9. The van der Waals surface area contributed by atoms with Crippen molar-refractivity contribution in [3.8, 4) is 0 Å². The molecule has 2 heterocycles. The second-order valence-electron chi connectivity index (χ2n) is 7.22.